The molecule has 0 saturated carbocycles. The van der Waals surface area contributed by atoms with Crippen molar-refractivity contribution in [2.75, 3.05) is 13.1 Å². The van der Waals surface area contributed by atoms with Crippen LogP contribution >= 0.6 is 0 Å². The maximum atomic E-state index is 12.5. The molecule has 0 aliphatic carbocycles. The molecule has 1 atom stereocenters. The molecule has 1 saturated heterocycles. The molecule has 1 amide bonds. The van der Waals surface area contributed by atoms with Crippen LogP contribution in [0.4, 0.5) is 0 Å². The third kappa shape index (κ3) is 3.18. The Morgan fingerprint density at radius 2 is 2.12 bits per heavy atom. The lowest BCUT2D eigenvalue weighted by atomic mass is 9.91. The second-order valence-electron chi connectivity index (χ2n) is 7.60. The molecule has 130 valence electrons. The number of fused-ring (bicyclic) bond motifs is 1. The van der Waals surface area contributed by atoms with Crippen molar-refractivity contribution in [3.63, 3.8) is 0 Å². The Hall–Kier alpha value is -2.25. The first-order chi connectivity index (χ1) is 11.3. The van der Waals surface area contributed by atoms with Crippen LogP contribution in [0.2, 0.25) is 0 Å². The SMILES string of the molecule is Cc1nc2c(nnn2C[C@H]2CCCN(C(=O)C(C)(C)C)C2)c(=O)[nH]1. The molecular weight excluding hydrogens is 308 g/mol. The molecule has 0 unspecified atom stereocenters. The number of hydrogen-bond donors (Lipinski definition) is 1. The molecule has 0 aromatic carbocycles. The highest BCUT2D eigenvalue weighted by molar-refractivity contribution is 5.81. The van der Waals surface area contributed by atoms with Crippen LogP contribution in [0.3, 0.4) is 0 Å². The molecule has 1 fully saturated rings. The van der Waals surface area contributed by atoms with E-state index >= 15 is 0 Å². The van der Waals surface area contributed by atoms with Crippen LogP contribution in [0.1, 0.15) is 39.4 Å². The fraction of sp³-hybridized carbons (Fsp3) is 0.688. The monoisotopic (exact) mass is 332 g/mol. The number of likely N-dealkylation sites (tertiary alicyclic amines) is 1. The number of nitrogens with zero attached hydrogens (tertiary/aromatic N) is 5. The Morgan fingerprint density at radius 1 is 1.38 bits per heavy atom. The molecule has 0 radical (unpaired) electrons. The molecule has 3 rings (SSSR count). The maximum Gasteiger partial charge on any atom is 0.281 e. The lowest BCUT2D eigenvalue weighted by Crippen LogP contribution is -2.46. The van der Waals surface area contributed by atoms with Gasteiger partial charge in [0.15, 0.2) is 11.2 Å². The number of aromatic amines is 1. The number of nitrogens with one attached hydrogen (secondary N) is 1. The summed E-state index contributed by atoms with van der Waals surface area (Å²) in [4.78, 5) is 33.3. The predicted molar refractivity (Wildman–Crippen MR) is 89.4 cm³/mol. The molecule has 1 N–H and O–H groups in total. The van der Waals surface area contributed by atoms with Gasteiger partial charge in [-0.1, -0.05) is 26.0 Å². The number of hydrogen-bond acceptors (Lipinski definition) is 5. The van der Waals surface area contributed by atoms with Gasteiger partial charge in [0.2, 0.25) is 5.91 Å². The zero-order chi connectivity index (χ0) is 17.5. The van der Waals surface area contributed by atoms with E-state index in [1.807, 2.05) is 25.7 Å². The van der Waals surface area contributed by atoms with Gasteiger partial charge in [-0.3, -0.25) is 9.59 Å². The van der Waals surface area contributed by atoms with Crippen LogP contribution in [-0.4, -0.2) is 48.9 Å². The van der Waals surface area contributed by atoms with Gasteiger partial charge in [0.25, 0.3) is 5.56 Å². The number of aryl methyl sites for hydroxylation is 1. The van der Waals surface area contributed by atoms with Gasteiger partial charge in [0.1, 0.15) is 5.82 Å². The first-order valence-electron chi connectivity index (χ1n) is 8.35. The zero-order valence-electron chi connectivity index (χ0n) is 14.7. The Kier molecular flexibility index (Phi) is 4.15. The van der Waals surface area contributed by atoms with Crippen molar-refractivity contribution in [1.82, 2.24) is 29.9 Å². The van der Waals surface area contributed by atoms with Crippen LogP contribution in [0.15, 0.2) is 4.79 Å². The first-order valence-corrected chi connectivity index (χ1v) is 8.35. The van der Waals surface area contributed by atoms with Crippen molar-refractivity contribution in [3.05, 3.63) is 16.2 Å². The Morgan fingerprint density at radius 3 is 2.83 bits per heavy atom. The summed E-state index contributed by atoms with van der Waals surface area (Å²) in [5, 5.41) is 8.04. The minimum atomic E-state index is -0.367. The average Bonchev–Trinajstić information content (AvgIpc) is 2.89. The number of H-pyrrole nitrogens is 1. The third-order valence-electron chi connectivity index (χ3n) is 4.37. The van der Waals surface area contributed by atoms with Crippen LogP contribution in [0.5, 0.6) is 0 Å². The van der Waals surface area contributed by atoms with Gasteiger partial charge in [0.05, 0.1) is 0 Å². The molecule has 8 nitrogen and oxygen atoms in total. The fourth-order valence-corrected chi connectivity index (χ4v) is 3.22. The van der Waals surface area contributed by atoms with Crippen molar-refractivity contribution in [1.29, 1.82) is 0 Å². The van der Waals surface area contributed by atoms with E-state index in [9.17, 15) is 9.59 Å². The van der Waals surface area contributed by atoms with E-state index < -0.39 is 0 Å². The van der Waals surface area contributed by atoms with Crippen molar-refractivity contribution < 1.29 is 4.79 Å². The number of piperidine rings is 1. The van der Waals surface area contributed by atoms with E-state index in [0.717, 1.165) is 19.4 Å². The van der Waals surface area contributed by atoms with E-state index in [1.54, 1.807) is 11.6 Å². The molecule has 1 aliphatic heterocycles. The van der Waals surface area contributed by atoms with Gasteiger partial charge in [-0.05, 0) is 25.7 Å². The molecule has 1 aliphatic rings. The average molecular weight is 332 g/mol. The predicted octanol–water partition coefficient (Wildman–Crippen LogP) is 1.11. The molecule has 0 bridgehead atoms. The minimum absolute atomic E-state index is 0.182. The number of aromatic nitrogens is 5. The summed E-state index contributed by atoms with van der Waals surface area (Å²) in [5.74, 6) is 1.02. The molecule has 2 aromatic heterocycles. The lowest BCUT2D eigenvalue weighted by molar-refractivity contribution is -0.141. The van der Waals surface area contributed by atoms with Gasteiger partial charge in [-0.15, -0.1) is 5.10 Å². The van der Waals surface area contributed by atoms with E-state index in [-0.39, 0.29) is 28.3 Å². The molecule has 3 heterocycles. The molecule has 2 aromatic rings. The quantitative estimate of drug-likeness (QED) is 0.888. The maximum absolute atomic E-state index is 12.5. The molecular formula is C16H24N6O2. The summed E-state index contributed by atoms with van der Waals surface area (Å²) < 4.78 is 1.69. The Bertz CT molecular complexity index is 816. The van der Waals surface area contributed by atoms with Gasteiger partial charge in [0, 0.05) is 25.0 Å². The van der Waals surface area contributed by atoms with Crippen molar-refractivity contribution in [2.24, 2.45) is 11.3 Å². The van der Waals surface area contributed by atoms with E-state index in [1.165, 1.54) is 0 Å². The summed E-state index contributed by atoms with van der Waals surface area (Å²) >= 11 is 0. The highest BCUT2D eigenvalue weighted by atomic mass is 16.2. The standard InChI is InChI=1S/C16H24N6O2/c1-10-17-13-12(14(23)18-10)19-20-22(13)9-11-6-5-7-21(8-11)15(24)16(2,3)4/h11H,5-9H2,1-4H3,(H,17,18,23)/t11-/m0/s1. The van der Waals surface area contributed by atoms with Crippen molar-refractivity contribution >= 4 is 17.1 Å². The summed E-state index contributed by atoms with van der Waals surface area (Å²) in [5.41, 5.74) is 0.139. The highest BCUT2D eigenvalue weighted by Gasteiger charge is 2.31. The highest BCUT2D eigenvalue weighted by Crippen LogP contribution is 2.24. The normalized spacial score (nSPS) is 19.0. The zero-order valence-corrected chi connectivity index (χ0v) is 14.7. The molecule has 24 heavy (non-hydrogen) atoms. The van der Waals surface area contributed by atoms with Gasteiger partial charge in [-0.25, -0.2) is 9.67 Å². The summed E-state index contributed by atoms with van der Waals surface area (Å²) in [6, 6.07) is 0. The number of amides is 1. The van der Waals surface area contributed by atoms with Crippen LogP contribution in [0, 0.1) is 18.3 Å². The topological polar surface area (TPSA) is 96.8 Å². The van der Waals surface area contributed by atoms with Crippen LogP contribution in [-0.2, 0) is 11.3 Å². The van der Waals surface area contributed by atoms with E-state index in [2.05, 4.69) is 20.3 Å². The first kappa shape index (κ1) is 16.6. The molecule has 8 heteroatoms. The van der Waals surface area contributed by atoms with Gasteiger partial charge >= 0.3 is 0 Å². The molecule has 0 spiro atoms. The number of carbonyl (C=O) groups is 1. The van der Waals surface area contributed by atoms with Gasteiger partial charge < -0.3 is 9.88 Å². The fourth-order valence-electron chi connectivity index (χ4n) is 3.22. The Labute approximate surface area is 140 Å². The number of rotatable bonds is 2. The van der Waals surface area contributed by atoms with E-state index in [0.29, 0.717) is 24.6 Å². The van der Waals surface area contributed by atoms with E-state index in [4.69, 9.17) is 0 Å². The lowest BCUT2D eigenvalue weighted by Gasteiger charge is -2.36. The van der Waals surface area contributed by atoms with Crippen molar-refractivity contribution in [2.45, 2.75) is 47.1 Å². The Balaban J connectivity index is 1.79. The second-order valence-corrected chi connectivity index (χ2v) is 7.60. The van der Waals surface area contributed by atoms with Crippen LogP contribution < -0.4 is 5.56 Å². The van der Waals surface area contributed by atoms with Crippen LogP contribution in [0.25, 0.3) is 11.2 Å². The summed E-state index contributed by atoms with van der Waals surface area (Å²) in [7, 11) is 0. The summed E-state index contributed by atoms with van der Waals surface area (Å²) in [6.45, 7) is 9.71. The largest absolute Gasteiger partial charge is 0.342 e. The summed E-state index contributed by atoms with van der Waals surface area (Å²) in [6.07, 6.45) is 2.00. The number of carbonyl (C=O) groups excluding carboxylic acids is 1. The van der Waals surface area contributed by atoms with Crippen molar-refractivity contribution in [3.8, 4) is 0 Å². The van der Waals surface area contributed by atoms with Gasteiger partial charge in [-0.2, -0.15) is 0 Å². The minimum Gasteiger partial charge on any atom is -0.342 e. The second kappa shape index (κ2) is 5.99. The third-order valence-corrected chi connectivity index (χ3v) is 4.37. The smallest absolute Gasteiger partial charge is 0.281 e.